The van der Waals surface area contributed by atoms with Crippen molar-refractivity contribution in [2.45, 2.75) is 13.3 Å². The predicted molar refractivity (Wildman–Crippen MR) is 126 cm³/mol. The Balaban J connectivity index is 1.73. The highest BCUT2D eigenvalue weighted by Gasteiger charge is 2.23. The van der Waals surface area contributed by atoms with Gasteiger partial charge in [0, 0.05) is 21.7 Å². The van der Waals surface area contributed by atoms with Crippen LogP contribution in [0.2, 0.25) is 5.02 Å². The van der Waals surface area contributed by atoms with Crippen LogP contribution in [0, 0.1) is 17.0 Å². The molecule has 4 rings (SSSR count). The number of halogens is 1. The average molecular weight is 485 g/mol. The molecule has 2 aromatic heterocycles. The lowest BCUT2D eigenvalue weighted by atomic mass is 10.1. The monoisotopic (exact) mass is 484 g/mol. The van der Waals surface area contributed by atoms with Crippen LogP contribution in [0.25, 0.3) is 10.9 Å². The lowest BCUT2D eigenvalue weighted by Crippen LogP contribution is -2.16. The summed E-state index contributed by atoms with van der Waals surface area (Å²) in [5, 5.41) is 14.6. The maximum Gasteiger partial charge on any atom is 0.345 e. The molecule has 4 aromatic rings. The molecule has 0 aliphatic carbocycles. The van der Waals surface area contributed by atoms with Crippen molar-refractivity contribution in [1.82, 2.24) is 9.55 Å². The van der Waals surface area contributed by atoms with Crippen LogP contribution in [0.15, 0.2) is 48.7 Å². The zero-order chi connectivity index (χ0) is 23.7. The van der Waals surface area contributed by atoms with E-state index in [4.69, 9.17) is 16.3 Å². The van der Waals surface area contributed by atoms with E-state index in [2.05, 4.69) is 10.3 Å². The third kappa shape index (κ3) is 4.43. The highest BCUT2D eigenvalue weighted by atomic mass is 35.5. The molecule has 1 amide bonds. The van der Waals surface area contributed by atoms with Gasteiger partial charge in [-0.05, 0) is 66.3 Å². The Kier molecular flexibility index (Phi) is 6.12. The fraction of sp³-hybridized carbons (Fsp3) is 0.136. The zero-order valence-corrected chi connectivity index (χ0v) is 19.1. The molecule has 0 saturated carbocycles. The normalized spacial score (nSPS) is 10.9. The number of carbonyl (C=O) groups excluding carboxylic acids is 2. The van der Waals surface area contributed by atoms with E-state index in [1.165, 1.54) is 7.11 Å². The lowest BCUT2D eigenvalue weighted by molar-refractivity contribution is -0.380. The Hall–Kier alpha value is -3.76. The summed E-state index contributed by atoms with van der Waals surface area (Å²) >= 11 is 6.72. The number of amides is 1. The number of nitrogens with zero attached hydrogens (tertiary/aromatic N) is 3. The molecular weight excluding hydrogens is 468 g/mol. The predicted octanol–water partition coefficient (Wildman–Crippen LogP) is 4.85. The first-order chi connectivity index (χ1) is 15.8. The van der Waals surface area contributed by atoms with Gasteiger partial charge in [0.25, 0.3) is 5.91 Å². The largest absolute Gasteiger partial charge is 0.497 e. The summed E-state index contributed by atoms with van der Waals surface area (Å²) < 4.78 is 6.88. The molecule has 0 bridgehead atoms. The standard InChI is InChI=1S/C22H17ClN4O5S/c1-12-16(10-19(28)25-22-24-11-20(33-22)27(30)31)17-9-15(32-2)7-8-18(17)26(12)21(29)13-3-5-14(23)6-4-13/h3-9,11H,10H2,1-2H3,(H,24,25,28). The lowest BCUT2D eigenvalue weighted by Gasteiger charge is -2.08. The van der Waals surface area contributed by atoms with Gasteiger partial charge in [-0.15, -0.1) is 0 Å². The van der Waals surface area contributed by atoms with E-state index in [0.717, 1.165) is 17.5 Å². The van der Waals surface area contributed by atoms with Crippen molar-refractivity contribution in [3.05, 3.63) is 80.6 Å². The molecule has 0 aliphatic rings. The van der Waals surface area contributed by atoms with E-state index in [0.29, 0.717) is 38.5 Å². The molecule has 9 nitrogen and oxygen atoms in total. The van der Waals surface area contributed by atoms with E-state index in [1.54, 1.807) is 54.0 Å². The molecule has 2 heterocycles. The summed E-state index contributed by atoms with van der Waals surface area (Å²) in [6.07, 6.45) is 1.02. The number of benzene rings is 2. The van der Waals surface area contributed by atoms with Crippen LogP contribution in [-0.4, -0.2) is 33.4 Å². The van der Waals surface area contributed by atoms with Crippen LogP contribution in [0.1, 0.15) is 21.6 Å². The summed E-state index contributed by atoms with van der Waals surface area (Å²) in [4.78, 5) is 40.2. The number of thiazole rings is 1. The maximum absolute atomic E-state index is 13.3. The number of nitrogens with one attached hydrogen (secondary N) is 1. The molecule has 0 unspecified atom stereocenters. The van der Waals surface area contributed by atoms with Gasteiger partial charge in [0.05, 0.1) is 24.0 Å². The smallest absolute Gasteiger partial charge is 0.345 e. The van der Waals surface area contributed by atoms with Crippen molar-refractivity contribution in [3.63, 3.8) is 0 Å². The number of anilines is 1. The SMILES string of the molecule is COc1ccc2c(c1)c(CC(=O)Nc1ncc([N+](=O)[O-])s1)c(C)n2C(=O)c1ccc(Cl)cc1. The van der Waals surface area contributed by atoms with E-state index >= 15 is 0 Å². The van der Waals surface area contributed by atoms with Gasteiger partial charge in [-0.1, -0.05) is 11.6 Å². The minimum Gasteiger partial charge on any atom is -0.497 e. The first-order valence-corrected chi connectivity index (χ1v) is 10.9. The van der Waals surface area contributed by atoms with Crippen LogP contribution >= 0.6 is 22.9 Å². The molecule has 0 radical (unpaired) electrons. The van der Waals surface area contributed by atoms with E-state index in [-0.39, 0.29) is 22.5 Å². The Bertz CT molecular complexity index is 1390. The fourth-order valence-corrected chi connectivity index (χ4v) is 4.30. The molecule has 0 spiro atoms. The number of methoxy groups -OCH3 is 1. The van der Waals surface area contributed by atoms with Crippen molar-refractivity contribution in [2.24, 2.45) is 0 Å². The minimum atomic E-state index is -0.570. The summed E-state index contributed by atoms with van der Waals surface area (Å²) in [6.45, 7) is 1.76. The Morgan fingerprint density at radius 1 is 1.24 bits per heavy atom. The molecule has 0 atom stereocenters. The molecule has 168 valence electrons. The summed E-state index contributed by atoms with van der Waals surface area (Å²) in [5.74, 6) is -0.0968. The van der Waals surface area contributed by atoms with Crippen LogP contribution in [0.5, 0.6) is 5.75 Å². The maximum atomic E-state index is 13.3. The molecule has 1 N–H and O–H groups in total. The van der Waals surface area contributed by atoms with E-state index in [1.807, 2.05) is 0 Å². The highest BCUT2D eigenvalue weighted by Crippen LogP contribution is 2.31. The second kappa shape index (κ2) is 9.00. The van der Waals surface area contributed by atoms with Crippen molar-refractivity contribution < 1.29 is 19.2 Å². The van der Waals surface area contributed by atoms with Gasteiger partial charge < -0.3 is 10.1 Å². The van der Waals surface area contributed by atoms with Crippen LogP contribution in [-0.2, 0) is 11.2 Å². The van der Waals surface area contributed by atoms with Gasteiger partial charge in [-0.3, -0.25) is 24.3 Å². The van der Waals surface area contributed by atoms with Gasteiger partial charge in [0.15, 0.2) is 5.13 Å². The molecule has 0 saturated heterocycles. The summed E-state index contributed by atoms with van der Waals surface area (Å²) in [5.41, 5.74) is 2.30. The fourth-order valence-electron chi connectivity index (χ4n) is 3.53. The summed E-state index contributed by atoms with van der Waals surface area (Å²) in [7, 11) is 1.53. The van der Waals surface area contributed by atoms with Gasteiger partial charge in [0.1, 0.15) is 11.9 Å². The number of aromatic nitrogens is 2. The average Bonchev–Trinajstić information content (AvgIpc) is 3.36. The second-order valence-corrected chi connectivity index (χ2v) is 8.53. The first-order valence-electron chi connectivity index (χ1n) is 9.66. The minimum absolute atomic E-state index is 0.0657. The number of rotatable bonds is 6. The molecule has 11 heteroatoms. The number of carbonyl (C=O) groups is 2. The molecular formula is C22H17ClN4O5S. The van der Waals surface area contributed by atoms with Crippen molar-refractivity contribution >= 4 is 55.8 Å². The molecule has 0 fully saturated rings. The first kappa shape index (κ1) is 22.4. The topological polar surface area (TPSA) is 116 Å². The van der Waals surface area contributed by atoms with Crippen molar-refractivity contribution in [1.29, 1.82) is 0 Å². The van der Waals surface area contributed by atoms with Crippen LogP contribution in [0.4, 0.5) is 10.1 Å². The highest BCUT2D eigenvalue weighted by molar-refractivity contribution is 7.18. The number of nitro groups is 1. The number of ether oxygens (including phenoxy) is 1. The number of hydrogen-bond acceptors (Lipinski definition) is 7. The Morgan fingerprint density at radius 2 is 1.97 bits per heavy atom. The van der Waals surface area contributed by atoms with Crippen LogP contribution < -0.4 is 10.1 Å². The number of hydrogen-bond donors (Lipinski definition) is 1. The van der Waals surface area contributed by atoms with Crippen molar-refractivity contribution in [3.8, 4) is 5.75 Å². The van der Waals surface area contributed by atoms with Gasteiger partial charge in [-0.25, -0.2) is 4.98 Å². The van der Waals surface area contributed by atoms with Gasteiger partial charge in [-0.2, -0.15) is 0 Å². The summed E-state index contributed by atoms with van der Waals surface area (Å²) in [6, 6.07) is 11.8. The van der Waals surface area contributed by atoms with Crippen molar-refractivity contribution in [2.75, 3.05) is 12.4 Å². The third-order valence-corrected chi connectivity index (χ3v) is 6.21. The van der Waals surface area contributed by atoms with Gasteiger partial charge in [0.2, 0.25) is 5.91 Å². The zero-order valence-electron chi connectivity index (χ0n) is 17.5. The molecule has 33 heavy (non-hydrogen) atoms. The van der Waals surface area contributed by atoms with E-state index < -0.39 is 10.8 Å². The molecule has 2 aromatic carbocycles. The van der Waals surface area contributed by atoms with Crippen LogP contribution in [0.3, 0.4) is 0 Å². The molecule has 0 aliphatic heterocycles. The number of fused-ring (bicyclic) bond motifs is 1. The second-order valence-electron chi connectivity index (χ2n) is 7.08. The third-order valence-electron chi connectivity index (χ3n) is 5.09. The van der Waals surface area contributed by atoms with Gasteiger partial charge >= 0.3 is 5.00 Å². The Labute approximate surface area is 196 Å². The quantitative estimate of drug-likeness (QED) is 0.309. The Morgan fingerprint density at radius 3 is 2.61 bits per heavy atom. The van der Waals surface area contributed by atoms with E-state index in [9.17, 15) is 19.7 Å².